The SMILES string of the molecule is O=C1C(=Cc2cnc(N3CCOCC3)nc2)CCc2cc(O)ccc21. The second-order valence-corrected chi connectivity index (χ2v) is 6.26. The summed E-state index contributed by atoms with van der Waals surface area (Å²) in [6.07, 6.45) is 6.77. The van der Waals surface area contributed by atoms with E-state index in [9.17, 15) is 9.90 Å². The first-order valence-corrected chi connectivity index (χ1v) is 8.42. The fourth-order valence-electron chi connectivity index (χ4n) is 3.24. The number of carbonyl (C=O) groups is 1. The second kappa shape index (κ2) is 6.64. The Morgan fingerprint density at radius 1 is 1.12 bits per heavy atom. The molecule has 0 radical (unpaired) electrons. The first kappa shape index (κ1) is 15.8. The maximum absolute atomic E-state index is 12.6. The summed E-state index contributed by atoms with van der Waals surface area (Å²) in [5.74, 6) is 0.908. The summed E-state index contributed by atoms with van der Waals surface area (Å²) < 4.78 is 5.33. The molecule has 1 aromatic heterocycles. The van der Waals surface area contributed by atoms with Crippen LogP contribution in [0.25, 0.3) is 6.08 Å². The van der Waals surface area contributed by atoms with Crippen LogP contribution >= 0.6 is 0 Å². The van der Waals surface area contributed by atoms with Crippen LogP contribution in [0.2, 0.25) is 0 Å². The van der Waals surface area contributed by atoms with Gasteiger partial charge in [0.15, 0.2) is 5.78 Å². The van der Waals surface area contributed by atoms with Crippen LogP contribution in [0.4, 0.5) is 5.95 Å². The number of morpholine rings is 1. The van der Waals surface area contributed by atoms with Crippen LogP contribution in [-0.4, -0.2) is 47.2 Å². The monoisotopic (exact) mass is 337 g/mol. The standard InChI is InChI=1S/C19H19N3O3/c23-16-3-4-17-14(10-16)1-2-15(18(17)24)9-13-11-20-19(21-12-13)22-5-7-25-8-6-22/h3-4,9-12,23H,1-2,5-8H2. The third-order valence-electron chi connectivity index (χ3n) is 4.58. The van der Waals surface area contributed by atoms with Gasteiger partial charge >= 0.3 is 0 Å². The minimum Gasteiger partial charge on any atom is -0.508 e. The van der Waals surface area contributed by atoms with Crippen molar-refractivity contribution < 1.29 is 14.6 Å². The average Bonchev–Trinajstić information content (AvgIpc) is 2.65. The molecule has 6 heteroatoms. The number of ketones is 1. The maximum Gasteiger partial charge on any atom is 0.225 e. The molecule has 4 rings (SSSR count). The van der Waals surface area contributed by atoms with Crippen LogP contribution in [0.15, 0.2) is 36.2 Å². The third kappa shape index (κ3) is 3.25. The van der Waals surface area contributed by atoms with Crippen molar-refractivity contribution in [1.29, 1.82) is 0 Å². The highest BCUT2D eigenvalue weighted by Crippen LogP contribution is 2.29. The van der Waals surface area contributed by atoms with Crippen molar-refractivity contribution in [2.75, 3.05) is 31.2 Å². The van der Waals surface area contributed by atoms with Crippen molar-refractivity contribution in [3.63, 3.8) is 0 Å². The Morgan fingerprint density at radius 3 is 2.64 bits per heavy atom. The molecule has 0 bridgehead atoms. The van der Waals surface area contributed by atoms with Gasteiger partial charge in [0, 0.05) is 42.2 Å². The van der Waals surface area contributed by atoms with Crippen LogP contribution in [0.1, 0.15) is 27.9 Å². The lowest BCUT2D eigenvalue weighted by molar-refractivity contribution is 0.102. The van der Waals surface area contributed by atoms with Crippen molar-refractivity contribution >= 4 is 17.8 Å². The highest BCUT2D eigenvalue weighted by atomic mass is 16.5. The molecule has 0 atom stereocenters. The van der Waals surface area contributed by atoms with E-state index >= 15 is 0 Å². The number of hydrogen-bond donors (Lipinski definition) is 1. The van der Waals surface area contributed by atoms with Gasteiger partial charge in [-0.25, -0.2) is 9.97 Å². The molecule has 6 nitrogen and oxygen atoms in total. The summed E-state index contributed by atoms with van der Waals surface area (Å²) in [7, 11) is 0. The van der Waals surface area contributed by atoms with Crippen molar-refractivity contribution in [3.8, 4) is 5.75 Å². The summed E-state index contributed by atoms with van der Waals surface area (Å²) in [4.78, 5) is 23.6. The summed E-state index contributed by atoms with van der Waals surface area (Å²) in [6, 6.07) is 4.92. The predicted molar refractivity (Wildman–Crippen MR) is 93.8 cm³/mol. The Labute approximate surface area is 145 Å². The van der Waals surface area contributed by atoms with E-state index in [4.69, 9.17) is 4.74 Å². The molecule has 0 spiro atoms. The van der Waals surface area contributed by atoms with E-state index in [2.05, 4.69) is 14.9 Å². The first-order chi connectivity index (χ1) is 12.2. The van der Waals surface area contributed by atoms with Crippen molar-refractivity contribution in [3.05, 3.63) is 52.9 Å². The zero-order valence-corrected chi connectivity index (χ0v) is 13.8. The average molecular weight is 337 g/mol. The number of ether oxygens (including phenoxy) is 1. The molecule has 0 saturated carbocycles. The van der Waals surface area contributed by atoms with Gasteiger partial charge in [0.05, 0.1) is 13.2 Å². The number of aromatic hydroxyl groups is 1. The molecule has 128 valence electrons. The zero-order chi connectivity index (χ0) is 17.2. The van der Waals surface area contributed by atoms with E-state index in [0.29, 0.717) is 31.1 Å². The number of benzene rings is 1. The Morgan fingerprint density at radius 2 is 1.88 bits per heavy atom. The van der Waals surface area contributed by atoms with Gasteiger partial charge in [0.2, 0.25) is 5.95 Å². The molecular weight excluding hydrogens is 318 g/mol. The Balaban J connectivity index is 1.54. The van der Waals surface area contributed by atoms with Gasteiger partial charge in [-0.05, 0) is 42.7 Å². The fraction of sp³-hybridized carbons (Fsp3) is 0.316. The third-order valence-corrected chi connectivity index (χ3v) is 4.58. The summed E-state index contributed by atoms with van der Waals surface area (Å²) in [5, 5.41) is 9.55. The van der Waals surface area contributed by atoms with Gasteiger partial charge in [0.25, 0.3) is 0 Å². The summed E-state index contributed by atoms with van der Waals surface area (Å²) >= 11 is 0. The number of fused-ring (bicyclic) bond motifs is 1. The molecule has 1 N–H and O–H groups in total. The van der Waals surface area contributed by atoms with E-state index in [1.54, 1.807) is 30.6 Å². The summed E-state index contributed by atoms with van der Waals surface area (Å²) in [5.41, 5.74) is 3.14. The van der Waals surface area contributed by atoms with Crippen LogP contribution in [0.3, 0.4) is 0 Å². The largest absolute Gasteiger partial charge is 0.508 e. The molecule has 1 aliphatic heterocycles. The molecule has 1 saturated heterocycles. The minimum atomic E-state index is 0.0125. The molecule has 2 aromatic rings. The molecule has 2 aliphatic rings. The fourth-order valence-corrected chi connectivity index (χ4v) is 3.24. The molecule has 1 aliphatic carbocycles. The Kier molecular flexibility index (Phi) is 4.19. The molecule has 25 heavy (non-hydrogen) atoms. The Hall–Kier alpha value is -2.73. The van der Waals surface area contributed by atoms with Crippen molar-refractivity contribution in [1.82, 2.24) is 9.97 Å². The first-order valence-electron chi connectivity index (χ1n) is 8.42. The quantitative estimate of drug-likeness (QED) is 0.847. The topological polar surface area (TPSA) is 75.6 Å². The molecule has 1 aromatic carbocycles. The predicted octanol–water partition coefficient (Wildman–Crippen LogP) is 2.23. The van der Waals surface area contributed by atoms with Gasteiger partial charge in [-0.1, -0.05) is 0 Å². The van der Waals surface area contributed by atoms with E-state index < -0.39 is 0 Å². The summed E-state index contributed by atoms with van der Waals surface area (Å²) in [6.45, 7) is 2.97. The molecule has 0 unspecified atom stereocenters. The Bertz CT molecular complexity index is 824. The lowest BCUT2D eigenvalue weighted by Gasteiger charge is -2.26. The number of aromatic nitrogens is 2. The number of phenolic OH excluding ortho intramolecular Hbond substituents is 1. The van der Waals surface area contributed by atoms with Crippen molar-refractivity contribution in [2.45, 2.75) is 12.8 Å². The van der Waals surface area contributed by atoms with Gasteiger partial charge in [-0.2, -0.15) is 0 Å². The van der Waals surface area contributed by atoms with E-state index in [1.807, 2.05) is 6.08 Å². The second-order valence-electron chi connectivity index (χ2n) is 6.26. The number of allylic oxidation sites excluding steroid dienone is 1. The number of anilines is 1. The minimum absolute atomic E-state index is 0.0125. The number of phenols is 1. The zero-order valence-electron chi connectivity index (χ0n) is 13.8. The van der Waals surface area contributed by atoms with Crippen LogP contribution < -0.4 is 4.90 Å². The van der Waals surface area contributed by atoms with E-state index in [1.165, 1.54) is 0 Å². The van der Waals surface area contributed by atoms with Gasteiger partial charge in [0.1, 0.15) is 5.75 Å². The number of carbonyl (C=O) groups excluding carboxylic acids is 1. The van der Waals surface area contributed by atoms with Gasteiger partial charge in [-0.3, -0.25) is 4.79 Å². The molecular formula is C19H19N3O3. The van der Waals surface area contributed by atoms with Crippen LogP contribution in [0, 0.1) is 0 Å². The number of Topliss-reactive ketones (excluding diaryl/α,β-unsaturated/α-hetero) is 1. The smallest absolute Gasteiger partial charge is 0.225 e. The van der Waals surface area contributed by atoms with Crippen LogP contribution in [-0.2, 0) is 11.2 Å². The number of nitrogens with zero attached hydrogens (tertiary/aromatic N) is 3. The number of rotatable bonds is 2. The highest BCUT2D eigenvalue weighted by Gasteiger charge is 2.22. The molecule has 1 fully saturated rings. The highest BCUT2D eigenvalue weighted by molar-refractivity contribution is 6.13. The lowest BCUT2D eigenvalue weighted by Crippen LogP contribution is -2.37. The molecule has 0 amide bonds. The number of hydrogen-bond acceptors (Lipinski definition) is 6. The number of aryl methyl sites for hydroxylation is 1. The van der Waals surface area contributed by atoms with E-state index in [0.717, 1.165) is 36.2 Å². The van der Waals surface area contributed by atoms with Gasteiger partial charge in [-0.15, -0.1) is 0 Å². The van der Waals surface area contributed by atoms with E-state index in [-0.39, 0.29) is 11.5 Å². The molecule has 2 heterocycles. The maximum atomic E-state index is 12.6. The normalized spacial score (nSPS) is 19.1. The lowest BCUT2D eigenvalue weighted by atomic mass is 9.86. The van der Waals surface area contributed by atoms with Gasteiger partial charge < -0.3 is 14.7 Å². The van der Waals surface area contributed by atoms with Crippen LogP contribution in [0.5, 0.6) is 5.75 Å². The van der Waals surface area contributed by atoms with Crippen molar-refractivity contribution in [2.24, 2.45) is 0 Å².